The third-order valence-corrected chi connectivity index (χ3v) is 3.47. The number of alkyl halides is 3. The van der Waals surface area contributed by atoms with Gasteiger partial charge in [0.25, 0.3) is 0 Å². The molecule has 0 aromatic heterocycles. The molecule has 7 heteroatoms. The average molecular weight is 351 g/mol. The van der Waals surface area contributed by atoms with Crippen LogP contribution in [0, 0.1) is 29.6 Å². The van der Waals surface area contributed by atoms with Crippen LogP contribution in [0.1, 0.15) is 37.4 Å². The number of nitrogens with one attached hydrogen (secondary N) is 2. The highest BCUT2D eigenvalue weighted by Gasteiger charge is 2.42. The van der Waals surface area contributed by atoms with Gasteiger partial charge in [0, 0.05) is 5.56 Å². The van der Waals surface area contributed by atoms with Crippen LogP contribution in [0.3, 0.4) is 0 Å². The van der Waals surface area contributed by atoms with E-state index in [1.54, 1.807) is 19.9 Å². The Morgan fingerprint density at radius 1 is 1.28 bits per heavy atom. The summed E-state index contributed by atoms with van der Waals surface area (Å²) in [5, 5.41) is 13.2. The Labute approximate surface area is 145 Å². The molecular formula is C18H20F3N3O. The van der Waals surface area contributed by atoms with E-state index in [4.69, 9.17) is 11.7 Å². The molecule has 2 atom stereocenters. The van der Waals surface area contributed by atoms with Gasteiger partial charge in [0.2, 0.25) is 5.91 Å². The van der Waals surface area contributed by atoms with Gasteiger partial charge in [-0.15, -0.1) is 6.42 Å². The molecule has 0 spiro atoms. The summed E-state index contributed by atoms with van der Waals surface area (Å²) >= 11 is 0. The molecule has 1 amide bonds. The number of halogens is 3. The Bertz CT molecular complexity index is 654. The quantitative estimate of drug-likeness (QED) is 0.586. The third-order valence-electron chi connectivity index (χ3n) is 3.47. The molecule has 2 N–H and O–H groups in total. The highest BCUT2D eigenvalue weighted by atomic mass is 19.4. The van der Waals surface area contributed by atoms with Gasteiger partial charge < -0.3 is 5.32 Å². The van der Waals surface area contributed by atoms with Crippen molar-refractivity contribution >= 4 is 5.91 Å². The number of carbonyl (C=O) groups is 1. The molecule has 0 aliphatic heterocycles. The van der Waals surface area contributed by atoms with Crippen molar-refractivity contribution in [2.45, 2.75) is 38.5 Å². The molecule has 1 aromatic carbocycles. The Hall–Kier alpha value is -2.51. The van der Waals surface area contributed by atoms with Crippen LogP contribution in [-0.4, -0.2) is 24.7 Å². The highest BCUT2D eigenvalue weighted by Crippen LogP contribution is 2.33. The summed E-state index contributed by atoms with van der Waals surface area (Å²) in [7, 11) is 0. The fourth-order valence-corrected chi connectivity index (χ4v) is 2.32. The second-order valence-electron chi connectivity index (χ2n) is 5.97. The first-order chi connectivity index (χ1) is 11.7. The van der Waals surface area contributed by atoms with Gasteiger partial charge in [0.05, 0.1) is 12.1 Å². The van der Waals surface area contributed by atoms with Crippen molar-refractivity contribution in [1.29, 1.82) is 5.26 Å². The summed E-state index contributed by atoms with van der Waals surface area (Å²) in [5.74, 6) is 1.70. The zero-order valence-corrected chi connectivity index (χ0v) is 14.0. The maximum atomic E-state index is 13.5. The monoisotopic (exact) mass is 351 g/mol. The van der Waals surface area contributed by atoms with Crippen LogP contribution >= 0.6 is 0 Å². The number of nitriles is 1. The molecule has 0 fully saturated rings. The van der Waals surface area contributed by atoms with Crippen LogP contribution in [0.25, 0.3) is 0 Å². The lowest BCUT2D eigenvalue weighted by Gasteiger charge is -2.28. The second kappa shape index (κ2) is 9.10. The molecule has 1 aromatic rings. The molecule has 25 heavy (non-hydrogen) atoms. The van der Waals surface area contributed by atoms with E-state index < -0.39 is 24.2 Å². The SMILES string of the molecule is C#Cc1ccc([C@H](N[C@@H](CC(C)C)C(=O)NCC#N)C(F)(F)F)cc1. The Morgan fingerprint density at radius 2 is 1.88 bits per heavy atom. The molecule has 4 nitrogen and oxygen atoms in total. The van der Waals surface area contributed by atoms with Gasteiger partial charge >= 0.3 is 6.18 Å². The predicted octanol–water partition coefficient (Wildman–Crippen LogP) is 2.92. The molecule has 0 bridgehead atoms. The number of nitrogens with zero attached hydrogens (tertiary/aromatic N) is 1. The van der Waals surface area contributed by atoms with Crippen LogP contribution in [-0.2, 0) is 4.79 Å². The average Bonchev–Trinajstić information content (AvgIpc) is 2.55. The van der Waals surface area contributed by atoms with E-state index in [-0.39, 0.29) is 24.4 Å². The van der Waals surface area contributed by atoms with E-state index in [9.17, 15) is 18.0 Å². The van der Waals surface area contributed by atoms with Crippen molar-refractivity contribution in [3.05, 3.63) is 35.4 Å². The van der Waals surface area contributed by atoms with Crippen molar-refractivity contribution in [1.82, 2.24) is 10.6 Å². The van der Waals surface area contributed by atoms with E-state index in [0.29, 0.717) is 5.56 Å². The topological polar surface area (TPSA) is 64.9 Å². The zero-order chi connectivity index (χ0) is 19.0. The summed E-state index contributed by atoms with van der Waals surface area (Å²) in [5.41, 5.74) is 0.434. The van der Waals surface area contributed by atoms with Gasteiger partial charge in [-0.2, -0.15) is 18.4 Å². The summed E-state index contributed by atoms with van der Waals surface area (Å²) in [6, 6.07) is 4.06. The number of benzene rings is 1. The summed E-state index contributed by atoms with van der Waals surface area (Å²) in [6.07, 6.45) is 0.822. The normalized spacial score (nSPS) is 13.6. The third kappa shape index (κ3) is 6.48. The van der Waals surface area contributed by atoms with Gasteiger partial charge in [-0.3, -0.25) is 10.1 Å². The Morgan fingerprint density at radius 3 is 2.32 bits per heavy atom. The van der Waals surface area contributed by atoms with Gasteiger partial charge in [-0.05, 0) is 30.0 Å². The number of rotatable bonds is 7. The Balaban J connectivity index is 3.09. The fourth-order valence-electron chi connectivity index (χ4n) is 2.32. The first-order valence-corrected chi connectivity index (χ1v) is 7.73. The van der Waals surface area contributed by atoms with E-state index in [1.807, 2.05) is 0 Å². The smallest absolute Gasteiger partial charge is 0.342 e. The van der Waals surface area contributed by atoms with E-state index >= 15 is 0 Å². The van der Waals surface area contributed by atoms with Crippen molar-refractivity contribution in [2.75, 3.05) is 6.54 Å². The van der Waals surface area contributed by atoms with Gasteiger partial charge in [0.1, 0.15) is 12.6 Å². The van der Waals surface area contributed by atoms with Gasteiger partial charge in [-0.1, -0.05) is 31.9 Å². The lowest BCUT2D eigenvalue weighted by molar-refractivity contribution is -0.161. The maximum Gasteiger partial charge on any atom is 0.407 e. The van der Waals surface area contributed by atoms with Gasteiger partial charge in [0.15, 0.2) is 0 Å². The zero-order valence-electron chi connectivity index (χ0n) is 14.0. The largest absolute Gasteiger partial charge is 0.407 e. The molecule has 0 unspecified atom stereocenters. The number of terminal acetylenes is 1. The van der Waals surface area contributed by atoms with Crippen LogP contribution in [0.5, 0.6) is 0 Å². The van der Waals surface area contributed by atoms with E-state index in [2.05, 4.69) is 16.6 Å². The van der Waals surface area contributed by atoms with Crippen LogP contribution < -0.4 is 10.6 Å². The minimum Gasteiger partial charge on any atom is -0.342 e. The molecular weight excluding hydrogens is 331 g/mol. The van der Waals surface area contributed by atoms with Crippen molar-refractivity contribution in [2.24, 2.45) is 5.92 Å². The second-order valence-corrected chi connectivity index (χ2v) is 5.97. The molecule has 0 saturated heterocycles. The molecule has 134 valence electrons. The molecule has 1 rings (SSSR count). The lowest BCUT2D eigenvalue weighted by atomic mass is 9.99. The maximum absolute atomic E-state index is 13.5. The number of carbonyl (C=O) groups excluding carboxylic acids is 1. The minimum atomic E-state index is -4.59. The summed E-state index contributed by atoms with van der Waals surface area (Å²) in [4.78, 5) is 12.1. The first kappa shape index (κ1) is 20.5. The minimum absolute atomic E-state index is 0.0111. The molecule has 0 radical (unpaired) electrons. The number of hydrogen-bond donors (Lipinski definition) is 2. The molecule has 0 aliphatic carbocycles. The highest BCUT2D eigenvalue weighted by molar-refractivity contribution is 5.82. The predicted molar refractivity (Wildman–Crippen MR) is 88.2 cm³/mol. The molecule has 0 heterocycles. The number of amides is 1. The van der Waals surface area contributed by atoms with E-state index in [1.165, 1.54) is 24.3 Å². The summed E-state index contributed by atoms with van der Waals surface area (Å²) in [6.45, 7) is 3.34. The van der Waals surface area contributed by atoms with E-state index in [0.717, 1.165) is 0 Å². The van der Waals surface area contributed by atoms with Crippen molar-refractivity contribution in [3.8, 4) is 18.4 Å². The van der Waals surface area contributed by atoms with Crippen molar-refractivity contribution < 1.29 is 18.0 Å². The van der Waals surface area contributed by atoms with Gasteiger partial charge in [-0.25, -0.2) is 0 Å². The first-order valence-electron chi connectivity index (χ1n) is 7.73. The molecule has 0 saturated carbocycles. The standard InChI is InChI=1S/C18H20F3N3O/c1-4-13-5-7-14(8-6-13)16(18(19,20)21)24-15(11-12(2)3)17(25)23-10-9-22/h1,5-8,12,15-16,24H,10-11H2,2-3H3,(H,23,25)/t15-,16-/m0/s1. The lowest BCUT2D eigenvalue weighted by Crippen LogP contribution is -2.49. The summed E-state index contributed by atoms with van der Waals surface area (Å²) < 4.78 is 40.5. The van der Waals surface area contributed by atoms with Crippen LogP contribution in [0.4, 0.5) is 13.2 Å². The van der Waals surface area contributed by atoms with Crippen molar-refractivity contribution in [3.63, 3.8) is 0 Å². The molecule has 0 aliphatic rings. The van der Waals surface area contributed by atoms with Crippen LogP contribution in [0.15, 0.2) is 24.3 Å². The number of hydrogen-bond acceptors (Lipinski definition) is 3. The fraction of sp³-hybridized carbons (Fsp3) is 0.444. The Kier molecular flexibility index (Phi) is 7.47. The van der Waals surface area contributed by atoms with Crippen LogP contribution in [0.2, 0.25) is 0 Å².